The fourth-order valence-electron chi connectivity index (χ4n) is 1.31. The first-order valence-electron chi connectivity index (χ1n) is 4.95. The summed E-state index contributed by atoms with van der Waals surface area (Å²) in [5, 5.41) is 5.84. The number of carbonyl (C=O) groups excluding carboxylic acids is 1. The van der Waals surface area contributed by atoms with Gasteiger partial charge in [0.15, 0.2) is 0 Å². The number of benzene rings is 1. The molecular formula is C11H6F4N2O2. The Morgan fingerprint density at radius 1 is 1.32 bits per heavy atom. The Hall–Kier alpha value is -2.38. The Morgan fingerprint density at radius 2 is 2.05 bits per heavy atom. The van der Waals surface area contributed by atoms with Crippen LogP contribution in [0.2, 0.25) is 0 Å². The number of carbonyl (C=O) groups is 1. The Balaban J connectivity index is 2.25. The van der Waals surface area contributed by atoms with Crippen molar-refractivity contribution in [2.45, 2.75) is 6.18 Å². The predicted molar refractivity (Wildman–Crippen MR) is 54.9 cm³/mol. The van der Waals surface area contributed by atoms with Crippen molar-refractivity contribution in [3.63, 3.8) is 0 Å². The van der Waals surface area contributed by atoms with Crippen LogP contribution in [0, 0.1) is 5.82 Å². The highest BCUT2D eigenvalue weighted by molar-refractivity contribution is 5.90. The third-order valence-corrected chi connectivity index (χ3v) is 2.19. The number of aromatic nitrogens is 2. The lowest BCUT2D eigenvalue weighted by atomic mass is 10.2. The van der Waals surface area contributed by atoms with Gasteiger partial charge in [-0.05, 0) is 18.2 Å². The zero-order valence-corrected chi connectivity index (χ0v) is 9.16. The van der Waals surface area contributed by atoms with E-state index in [1.54, 1.807) is 0 Å². The molecule has 0 saturated heterocycles. The minimum atomic E-state index is -4.86. The lowest BCUT2D eigenvalue weighted by molar-refractivity contribution is -0.140. The van der Waals surface area contributed by atoms with Crippen molar-refractivity contribution in [3.05, 3.63) is 47.5 Å². The largest absolute Gasteiger partial charge is 0.423 e. The van der Waals surface area contributed by atoms with Crippen LogP contribution >= 0.6 is 0 Å². The number of hydrogen-bond donors (Lipinski definition) is 1. The average molecular weight is 274 g/mol. The van der Waals surface area contributed by atoms with E-state index in [4.69, 9.17) is 0 Å². The zero-order valence-electron chi connectivity index (χ0n) is 9.16. The number of nitrogens with zero attached hydrogens (tertiary/aromatic N) is 1. The summed E-state index contributed by atoms with van der Waals surface area (Å²) in [5.41, 5.74) is -1.46. The van der Waals surface area contributed by atoms with Gasteiger partial charge in [0.2, 0.25) is 0 Å². The molecule has 0 unspecified atom stereocenters. The third kappa shape index (κ3) is 2.90. The Bertz CT molecular complexity index is 593. The van der Waals surface area contributed by atoms with Gasteiger partial charge in [0.25, 0.3) is 0 Å². The molecule has 0 aliphatic heterocycles. The summed E-state index contributed by atoms with van der Waals surface area (Å²) in [4.78, 5) is 11.5. The smallest absolute Gasteiger partial charge is 0.419 e. The summed E-state index contributed by atoms with van der Waals surface area (Å²) in [7, 11) is 0. The Kier molecular flexibility index (Phi) is 3.24. The van der Waals surface area contributed by atoms with E-state index < -0.39 is 29.3 Å². The van der Waals surface area contributed by atoms with Gasteiger partial charge in [-0.3, -0.25) is 5.10 Å². The summed E-state index contributed by atoms with van der Waals surface area (Å²) in [6, 6.07) is 1.94. The topological polar surface area (TPSA) is 55.0 Å². The highest BCUT2D eigenvalue weighted by Crippen LogP contribution is 2.33. The molecule has 2 aromatic rings. The SMILES string of the molecule is O=C(Oc1ccc(F)c(C(F)(F)F)c1)c1cn[nH]c1. The fraction of sp³-hybridized carbons (Fsp3) is 0.0909. The standard InChI is InChI=1S/C11H6F4N2O2/c12-9-2-1-7(3-8(9)11(13,14)15)19-10(18)6-4-16-17-5-6/h1-5H,(H,16,17). The zero-order chi connectivity index (χ0) is 14.0. The fourth-order valence-corrected chi connectivity index (χ4v) is 1.31. The summed E-state index contributed by atoms with van der Waals surface area (Å²) in [6.07, 6.45) is -2.49. The molecule has 8 heteroatoms. The van der Waals surface area contributed by atoms with Crippen molar-refractivity contribution < 1.29 is 27.1 Å². The molecule has 0 atom stereocenters. The first kappa shape index (κ1) is 13.1. The Labute approximate surface area is 104 Å². The molecule has 0 bridgehead atoms. The second-order valence-corrected chi connectivity index (χ2v) is 3.52. The molecule has 1 aromatic carbocycles. The molecule has 2 rings (SSSR count). The quantitative estimate of drug-likeness (QED) is 0.520. The first-order valence-corrected chi connectivity index (χ1v) is 4.95. The summed E-state index contributed by atoms with van der Waals surface area (Å²) < 4.78 is 55.0. The molecule has 0 aliphatic carbocycles. The van der Waals surface area contributed by atoms with E-state index in [1.165, 1.54) is 6.20 Å². The molecule has 19 heavy (non-hydrogen) atoms. The van der Waals surface area contributed by atoms with Crippen LogP contribution in [-0.4, -0.2) is 16.2 Å². The van der Waals surface area contributed by atoms with Crippen LogP contribution < -0.4 is 4.74 Å². The number of esters is 1. The van der Waals surface area contributed by atoms with Gasteiger partial charge in [0.05, 0.1) is 17.3 Å². The van der Waals surface area contributed by atoms with Crippen LogP contribution in [-0.2, 0) is 6.18 Å². The van der Waals surface area contributed by atoms with E-state index in [0.29, 0.717) is 12.1 Å². The van der Waals surface area contributed by atoms with E-state index in [0.717, 1.165) is 12.3 Å². The van der Waals surface area contributed by atoms with Crippen molar-refractivity contribution in [2.24, 2.45) is 0 Å². The van der Waals surface area contributed by atoms with Crippen molar-refractivity contribution in [2.75, 3.05) is 0 Å². The van der Waals surface area contributed by atoms with Gasteiger partial charge in [0, 0.05) is 6.20 Å². The maximum absolute atomic E-state index is 13.0. The molecule has 0 fully saturated rings. The van der Waals surface area contributed by atoms with Crippen LogP contribution in [0.5, 0.6) is 5.75 Å². The van der Waals surface area contributed by atoms with Gasteiger partial charge in [-0.15, -0.1) is 0 Å². The first-order chi connectivity index (χ1) is 8.88. The van der Waals surface area contributed by atoms with Gasteiger partial charge < -0.3 is 4.74 Å². The minimum absolute atomic E-state index is 0.0397. The number of hydrogen-bond acceptors (Lipinski definition) is 3. The van der Waals surface area contributed by atoms with Crippen LogP contribution in [0.1, 0.15) is 15.9 Å². The molecule has 0 radical (unpaired) electrons. The number of alkyl halides is 3. The van der Waals surface area contributed by atoms with Crippen molar-refractivity contribution in [1.82, 2.24) is 10.2 Å². The number of rotatable bonds is 2. The van der Waals surface area contributed by atoms with Crippen LogP contribution in [0.3, 0.4) is 0 Å². The highest BCUT2D eigenvalue weighted by Gasteiger charge is 2.34. The van der Waals surface area contributed by atoms with E-state index >= 15 is 0 Å². The maximum Gasteiger partial charge on any atom is 0.419 e. The average Bonchev–Trinajstić information content (AvgIpc) is 2.83. The van der Waals surface area contributed by atoms with E-state index in [-0.39, 0.29) is 5.56 Å². The number of ether oxygens (including phenoxy) is 1. The predicted octanol–water partition coefficient (Wildman–Crippen LogP) is 2.79. The second-order valence-electron chi connectivity index (χ2n) is 3.52. The minimum Gasteiger partial charge on any atom is -0.423 e. The molecule has 100 valence electrons. The molecule has 0 saturated carbocycles. The summed E-state index contributed by atoms with van der Waals surface area (Å²) in [5.74, 6) is -2.73. The molecule has 0 spiro atoms. The van der Waals surface area contributed by atoms with Gasteiger partial charge in [-0.25, -0.2) is 9.18 Å². The molecule has 0 amide bonds. The molecule has 1 heterocycles. The van der Waals surface area contributed by atoms with Crippen LogP contribution in [0.4, 0.5) is 17.6 Å². The number of halogens is 4. The van der Waals surface area contributed by atoms with Gasteiger partial charge in [0.1, 0.15) is 11.6 Å². The molecule has 0 aliphatic rings. The summed E-state index contributed by atoms with van der Waals surface area (Å²) in [6.45, 7) is 0. The van der Waals surface area contributed by atoms with E-state index in [2.05, 4.69) is 14.9 Å². The van der Waals surface area contributed by atoms with E-state index in [1.807, 2.05) is 0 Å². The van der Waals surface area contributed by atoms with Crippen molar-refractivity contribution >= 4 is 5.97 Å². The molecular weight excluding hydrogens is 268 g/mol. The molecule has 1 N–H and O–H groups in total. The third-order valence-electron chi connectivity index (χ3n) is 2.19. The highest BCUT2D eigenvalue weighted by atomic mass is 19.4. The monoisotopic (exact) mass is 274 g/mol. The van der Waals surface area contributed by atoms with Gasteiger partial charge in [-0.1, -0.05) is 0 Å². The number of nitrogens with one attached hydrogen (secondary N) is 1. The lowest BCUT2D eigenvalue weighted by Crippen LogP contribution is -2.11. The van der Waals surface area contributed by atoms with Gasteiger partial charge in [-0.2, -0.15) is 18.3 Å². The van der Waals surface area contributed by atoms with Crippen molar-refractivity contribution in [1.29, 1.82) is 0 Å². The number of aromatic amines is 1. The maximum atomic E-state index is 13.0. The second kappa shape index (κ2) is 4.71. The van der Waals surface area contributed by atoms with E-state index in [9.17, 15) is 22.4 Å². The normalized spacial score (nSPS) is 11.4. The lowest BCUT2D eigenvalue weighted by Gasteiger charge is -2.09. The molecule has 4 nitrogen and oxygen atoms in total. The summed E-state index contributed by atoms with van der Waals surface area (Å²) >= 11 is 0. The van der Waals surface area contributed by atoms with Gasteiger partial charge >= 0.3 is 12.1 Å². The van der Waals surface area contributed by atoms with Crippen molar-refractivity contribution in [3.8, 4) is 5.75 Å². The number of H-pyrrole nitrogens is 1. The van der Waals surface area contributed by atoms with Crippen LogP contribution in [0.15, 0.2) is 30.6 Å². The van der Waals surface area contributed by atoms with Crippen LogP contribution in [0.25, 0.3) is 0 Å². The molecule has 1 aromatic heterocycles. The Morgan fingerprint density at radius 3 is 2.63 bits per heavy atom.